The highest BCUT2D eigenvalue weighted by molar-refractivity contribution is 9.10. The summed E-state index contributed by atoms with van der Waals surface area (Å²) in [5.74, 6) is 0.142. The van der Waals surface area contributed by atoms with Gasteiger partial charge in [0.05, 0.1) is 11.7 Å². The van der Waals surface area contributed by atoms with Crippen LogP contribution in [0.4, 0.5) is 5.69 Å². The number of benzene rings is 1. The lowest BCUT2D eigenvalue weighted by Gasteiger charge is -2.15. The Bertz CT molecular complexity index is 404. The molecule has 0 aliphatic rings. The Morgan fingerprint density at radius 1 is 1.41 bits per heavy atom. The van der Waals surface area contributed by atoms with Crippen LogP contribution in [0.1, 0.15) is 37.6 Å². The van der Waals surface area contributed by atoms with Gasteiger partial charge in [-0.25, -0.2) is 4.79 Å². The summed E-state index contributed by atoms with van der Waals surface area (Å²) in [5, 5.41) is 0. The van der Waals surface area contributed by atoms with Gasteiger partial charge in [-0.3, -0.25) is 0 Å². The number of carbonyl (C=O) groups is 1. The molecule has 0 fully saturated rings. The quantitative estimate of drug-likeness (QED) is 0.682. The van der Waals surface area contributed by atoms with Gasteiger partial charge in [-0.15, -0.1) is 0 Å². The van der Waals surface area contributed by atoms with Gasteiger partial charge in [0, 0.05) is 10.2 Å². The molecule has 1 atom stereocenters. The first-order chi connectivity index (χ1) is 7.90. The topological polar surface area (TPSA) is 52.3 Å². The predicted molar refractivity (Wildman–Crippen MR) is 72.9 cm³/mol. The van der Waals surface area contributed by atoms with E-state index in [1.54, 1.807) is 18.2 Å². The van der Waals surface area contributed by atoms with Crippen molar-refractivity contribution >= 4 is 27.6 Å². The van der Waals surface area contributed by atoms with Crippen molar-refractivity contribution in [2.45, 2.75) is 33.3 Å². The zero-order valence-corrected chi connectivity index (χ0v) is 12.0. The average molecular weight is 300 g/mol. The molecule has 0 amide bonds. The number of ether oxygens (including phenoxy) is 1. The summed E-state index contributed by atoms with van der Waals surface area (Å²) in [4.78, 5) is 11.9. The first-order valence-corrected chi connectivity index (χ1v) is 6.45. The van der Waals surface area contributed by atoms with Gasteiger partial charge in [-0.1, -0.05) is 29.8 Å². The smallest absolute Gasteiger partial charge is 0.340 e. The van der Waals surface area contributed by atoms with Gasteiger partial charge in [0.25, 0.3) is 0 Å². The van der Waals surface area contributed by atoms with Crippen molar-refractivity contribution in [2.75, 3.05) is 5.73 Å². The molecule has 1 unspecified atom stereocenters. The Kier molecular flexibility index (Phi) is 5.00. The van der Waals surface area contributed by atoms with E-state index in [0.717, 1.165) is 10.9 Å². The Morgan fingerprint density at radius 3 is 2.59 bits per heavy atom. The van der Waals surface area contributed by atoms with Crippen LogP contribution in [0.15, 0.2) is 22.7 Å². The molecule has 0 aliphatic heterocycles. The van der Waals surface area contributed by atoms with Gasteiger partial charge >= 0.3 is 5.97 Å². The second kappa shape index (κ2) is 6.05. The molecular weight excluding hydrogens is 282 g/mol. The molecule has 1 aromatic rings. The molecule has 0 saturated carbocycles. The Hall–Kier alpha value is -1.03. The second-order valence-corrected chi connectivity index (χ2v) is 5.49. The monoisotopic (exact) mass is 299 g/mol. The number of rotatable bonds is 4. The van der Waals surface area contributed by atoms with Crippen molar-refractivity contribution in [3.8, 4) is 0 Å². The number of anilines is 1. The summed E-state index contributed by atoms with van der Waals surface area (Å²) in [7, 11) is 0. The lowest BCUT2D eigenvalue weighted by Crippen LogP contribution is -2.17. The van der Waals surface area contributed by atoms with E-state index in [4.69, 9.17) is 10.5 Å². The van der Waals surface area contributed by atoms with E-state index in [-0.39, 0.29) is 12.1 Å². The maximum atomic E-state index is 11.9. The van der Waals surface area contributed by atoms with Gasteiger partial charge < -0.3 is 10.5 Å². The van der Waals surface area contributed by atoms with E-state index in [1.165, 1.54) is 0 Å². The van der Waals surface area contributed by atoms with Crippen molar-refractivity contribution in [2.24, 2.45) is 5.92 Å². The summed E-state index contributed by atoms with van der Waals surface area (Å²) >= 11 is 3.30. The van der Waals surface area contributed by atoms with E-state index in [0.29, 0.717) is 17.2 Å². The molecule has 17 heavy (non-hydrogen) atoms. The zero-order valence-electron chi connectivity index (χ0n) is 10.4. The number of esters is 1. The largest absolute Gasteiger partial charge is 0.459 e. The van der Waals surface area contributed by atoms with Crippen LogP contribution in [-0.4, -0.2) is 12.1 Å². The minimum atomic E-state index is -0.358. The summed E-state index contributed by atoms with van der Waals surface area (Å²) in [6.45, 7) is 6.09. The second-order valence-electron chi connectivity index (χ2n) is 4.58. The van der Waals surface area contributed by atoms with Gasteiger partial charge in [0.2, 0.25) is 0 Å². The zero-order chi connectivity index (χ0) is 13.0. The van der Waals surface area contributed by atoms with Crippen molar-refractivity contribution in [1.82, 2.24) is 0 Å². The minimum absolute atomic E-state index is 0.0921. The van der Waals surface area contributed by atoms with Gasteiger partial charge in [-0.2, -0.15) is 0 Å². The first-order valence-electron chi connectivity index (χ1n) is 5.66. The maximum absolute atomic E-state index is 11.9. The maximum Gasteiger partial charge on any atom is 0.340 e. The standard InChI is InChI=1S/C13H18BrNO2/c1-8(2)6-9(3)17-13(16)11-5-4-10(14)7-12(11)15/h4-5,7-9H,6,15H2,1-3H3. The molecule has 0 spiro atoms. The molecule has 94 valence electrons. The van der Waals surface area contributed by atoms with Crippen LogP contribution < -0.4 is 5.73 Å². The molecule has 0 saturated heterocycles. The van der Waals surface area contributed by atoms with Gasteiger partial charge in [0.15, 0.2) is 0 Å². The van der Waals surface area contributed by atoms with Gasteiger partial charge in [0.1, 0.15) is 0 Å². The number of hydrogen-bond acceptors (Lipinski definition) is 3. The summed E-state index contributed by atoms with van der Waals surface area (Å²) < 4.78 is 6.18. The lowest BCUT2D eigenvalue weighted by atomic mass is 10.1. The fourth-order valence-electron chi connectivity index (χ4n) is 1.68. The van der Waals surface area contributed by atoms with E-state index < -0.39 is 0 Å². The van der Waals surface area contributed by atoms with E-state index in [9.17, 15) is 4.79 Å². The van der Waals surface area contributed by atoms with Crippen LogP contribution >= 0.6 is 15.9 Å². The first kappa shape index (κ1) is 14.0. The Balaban J connectivity index is 2.70. The third kappa shape index (κ3) is 4.38. The van der Waals surface area contributed by atoms with Crippen LogP contribution in [0, 0.1) is 5.92 Å². The summed E-state index contributed by atoms with van der Waals surface area (Å²) in [5.41, 5.74) is 6.62. The summed E-state index contributed by atoms with van der Waals surface area (Å²) in [6, 6.07) is 5.15. The van der Waals surface area contributed by atoms with Crippen LogP contribution in [0.3, 0.4) is 0 Å². The minimum Gasteiger partial charge on any atom is -0.459 e. The van der Waals surface area contributed by atoms with Crippen LogP contribution in [0.2, 0.25) is 0 Å². The highest BCUT2D eigenvalue weighted by Crippen LogP contribution is 2.20. The molecule has 1 rings (SSSR count). The molecule has 0 radical (unpaired) electrons. The number of nitrogen functional groups attached to an aromatic ring is 1. The number of carbonyl (C=O) groups excluding carboxylic acids is 1. The predicted octanol–water partition coefficient (Wildman–Crippen LogP) is 3.62. The third-order valence-electron chi connectivity index (χ3n) is 2.35. The molecule has 0 bridgehead atoms. The molecule has 0 aliphatic carbocycles. The molecular formula is C13H18BrNO2. The molecule has 3 nitrogen and oxygen atoms in total. The number of nitrogens with two attached hydrogens (primary N) is 1. The summed E-state index contributed by atoms with van der Waals surface area (Å²) in [6.07, 6.45) is 0.757. The highest BCUT2D eigenvalue weighted by atomic mass is 79.9. The molecule has 1 aromatic carbocycles. The van der Waals surface area contributed by atoms with Crippen molar-refractivity contribution in [3.63, 3.8) is 0 Å². The van der Waals surface area contributed by atoms with E-state index in [1.807, 2.05) is 6.92 Å². The van der Waals surface area contributed by atoms with E-state index in [2.05, 4.69) is 29.8 Å². The molecule has 2 N–H and O–H groups in total. The van der Waals surface area contributed by atoms with Gasteiger partial charge in [-0.05, 0) is 37.5 Å². The normalized spacial score (nSPS) is 12.5. The molecule has 4 heteroatoms. The van der Waals surface area contributed by atoms with Crippen LogP contribution in [-0.2, 0) is 4.74 Å². The Morgan fingerprint density at radius 2 is 2.06 bits per heavy atom. The number of halogens is 1. The highest BCUT2D eigenvalue weighted by Gasteiger charge is 2.15. The number of hydrogen-bond donors (Lipinski definition) is 1. The van der Waals surface area contributed by atoms with E-state index >= 15 is 0 Å². The Labute approximate surface area is 110 Å². The van der Waals surface area contributed by atoms with Crippen molar-refractivity contribution in [1.29, 1.82) is 0 Å². The molecule has 0 heterocycles. The fourth-order valence-corrected chi connectivity index (χ4v) is 2.06. The third-order valence-corrected chi connectivity index (χ3v) is 2.84. The van der Waals surface area contributed by atoms with Crippen LogP contribution in [0.5, 0.6) is 0 Å². The lowest BCUT2D eigenvalue weighted by molar-refractivity contribution is 0.0301. The average Bonchev–Trinajstić information content (AvgIpc) is 2.15. The van der Waals surface area contributed by atoms with Crippen molar-refractivity contribution in [3.05, 3.63) is 28.2 Å². The van der Waals surface area contributed by atoms with Crippen LogP contribution in [0.25, 0.3) is 0 Å². The van der Waals surface area contributed by atoms with Crippen molar-refractivity contribution < 1.29 is 9.53 Å². The SMILES string of the molecule is CC(C)CC(C)OC(=O)c1ccc(Br)cc1N. The molecule has 0 aromatic heterocycles. The fraction of sp³-hybridized carbons (Fsp3) is 0.462.